The second-order valence-electron chi connectivity index (χ2n) is 6.04. The molecule has 2 heterocycles. The Morgan fingerprint density at radius 3 is 2.78 bits per heavy atom. The average Bonchev–Trinajstić information content (AvgIpc) is 2.94. The standard InChI is InChI=1S/C17H22N4O2/c1-12(11-22)18-17(23)15-14-10-20(2)8-9-21(14)16(19-15)13-6-4-3-5-7-13/h3-7,12,22H,8-11H2,1-2H3,(H,18,23). The summed E-state index contributed by atoms with van der Waals surface area (Å²) in [6, 6.07) is 9.63. The quantitative estimate of drug-likeness (QED) is 0.887. The summed E-state index contributed by atoms with van der Waals surface area (Å²) in [6.45, 7) is 4.11. The van der Waals surface area contributed by atoms with Crippen LogP contribution in [-0.2, 0) is 13.1 Å². The topological polar surface area (TPSA) is 70.4 Å². The average molecular weight is 314 g/mol. The molecule has 1 aliphatic heterocycles. The first kappa shape index (κ1) is 15.7. The maximum atomic E-state index is 12.5. The van der Waals surface area contributed by atoms with E-state index in [9.17, 15) is 4.79 Å². The molecule has 1 atom stereocenters. The van der Waals surface area contributed by atoms with Crippen LogP contribution >= 0.6 is 0 Å². The molecule has 1 aromatic carbocycles. The molecule has 23 heavy (non-hydrogen) atoms. The minimum absolute atomic E-state index is 0.0901. The largest absolute Gasteiger partial charge is 0.394 e. The molecule has 1 aromatic heterocycles. The Kier molecular flexibility index (Phi) is 4.45. The number of amides is 1. The van der Waals surface area contributed by atoms with Gasteiger partial charge in [-0.05, 0) is 14.0 Å². The molecule has 3 rings (SSSR count). The van der Waals surface area contributed by atoms with E-state index in [0.717, 1.165) is 30.2 Å². The molecule has 0 fully saturated rings. The number of hydrogen-bond donors (Lipinski definition) is 2. The van der Waals surface area contributed by atoms with Gasteiger partial charge in [0.1, 0.15) is 5.82 Å². The van der Waals surface area contributed by atoms with E-state index in [2.05, 4.69) is 19.8 Å². The van der Waals surface area contributed by atoms with Crippen LogP contribution in [0.3, 0.4) is 0 Å². The van der Waals surface area contributed by atoms with Crippen molar-refractivity contribution in [3.8, 4) is 11.4 Å². The van der Waals surface area contributed by atoms with E-state index in [1.54, 1.807) is 6.92 Å². The Morgan fingerprint density at radius 2 is 2.09 bits per heavy atom. The summed E-state index contributed by atoms with van der Waals surface area (Å²) in [6.07, 6.45) is 0. The molecule has 0 radical (unpaired) electrons. The zero-order valence-electron chi connectivity index (χ0n) is 13.5. The van der Waals surface area contributed by atoms with Crippen LogP contribution in [0.2, 0.25) is 0 Å². The molecule has 6 heteroatoms. The molecular formula is C17H22N4O2. The Hall–Kier alpha value is -2.18. The Labute approximate surface area is 135 Å². The van der Waals surface area contributed by atoms with Crippen molar-refractivity contribution in [2.45, 2.75) is 26.1 Å². The summed E-state index contributed by atoms with van der Waals surface area (Å²) in [5, 5.41) is 11.9. The van der Waals surface area contributed by atoms with Gasteiger partial charge in [-0.2, -0.15) is 0 Å². The predicted molar refractivity (Wildman–Crippen MR) is 88.0 cm³/mol. The van der Waals surface area contributed by atoms with Crippen LogP contribution in [-0.4, -0.2) is 51.7 Å². The van der Waals surface area contributed by atoms with Gasteiger partial charge in [-0.15, -0.1) is 0 Å². The predicted octanol–water partition coefficient (Wildman–Crippen LogP) is 1.11. The number of rotatable bonds is 4. The summed E-state index contributed by atoms with van der Waals surface area (Å²) >= 11 is 0. The van der Waals surface area contributed by atoms with E-state index in [1.165, 1.54) is 0 Å². The highest BCUT2D eigenvalue weighted by atomic mass is 16.3. The van der Waals surface area contributed by atoms with Crippen molar-refractivity contribution in [3.63, 3.8) is 0 Å². The number of fused-ring (bicyclic) bond motifs is 1. The number of aliphatic hydroxyl groups excluding tert-OH is 1. The van der Waals surface area contributed by atoms with Crippen molar-refractivity contribution in [2.24, 2.45) is 0 Å². The normalized spacial score (nSPS) is 16.0. The molecule has 0 saturated carbocycles. The zero-order valence-corrected chi connectivity index (χ0v) is 13.5. The third-order valence-electron chi connectivity index (χ3n) is 4.10. The fraction of sp³-hybridized carbons (Fsp3) is 0.412. The smallest absolute Gasteiger partial charge is 0.272 e. The zero-order chi connectivity index (χ0) is 16.4. The molecule has 2 N–H and O–H groups in total. The van der Waals surface area contributed by atoms with E-state index < -0.39 is 0 Å². The summed E-state index contributed by atoms with van der Waals surface area (Å²) in [7, 11) is 2.04. The molecule has 1 amide bonds. The van der Waals surface area contributed by atoms with E-state index in [0.29, 0.717) is 12.2 Å². The highest BCUT2D eigenvalue weighted by molar-refractivity contribution is 5.94. The number of imidazole rings is 1. The summed E-state index contributed by atoms with van der Waals surface area (Å²) < 4.78 is 2.13. The number of nitrogens with one attached hydrogen (secondary N) is 1. The summed E-state index contributed by atoms with van der Waals surface area (Å²) in [5.74, 6) is 0.600. The van der Waals surface area contributed by atoms with Gasteiger partial charge < -0.3 is 15.0 Å². The number of carbonyl (C=O) groups excluding carboxylic acids is 1. The summed E-state index contributed by atoms with van der Waals surface area (Å²) in [4.78, 5) is 19.3. The molecule has 0 aliphatic carbocycles. The van der Waals surface area contributed by atoms with Crippen LogP contribution in [0.25, 0.3) is 11.4 Å². The van der Waals surface area contributed by atoms with Gasteiger partial charge in [-0.1, -0.05) is 30.3 Å². The lowest BCUT2D eigenvalue weighted by Crippen LogP contribution is -2.37. The van der Waals surface area contributed by atoms with Gasteiger partial charge >= 0.3 is 0 Å². The van der Waals surface area contributed by atoms with Crippen LogP contribution < -0.4 is 5.32 Å². The van der Waals surface area contributed by atoms with Gasteiger partial charge in [0.15, 0.2) is 5.69 Å². The third-order valence-corrected chi connectivity index (χ3v) is 4.10. The first-order valence-electron chi connectivity index (χ1n) is 7.85. The van der Waals surface area contributed by atoms with E-state index >= 15 is 0 Å². The number of hydrogen-bond acceptors (Lipinski definition) is 4. The summed E-state index contributed by atoms with van der Waals surface area (Å²) in [5.41, 5.74) is 2.39. The molecule has 0 bridgehead atoms. The number of likely N-dealkylation sites (N-methyl/N-ethyl adjacent to an activating group) is 1. The van der Waals surface area contributed by atoms with Crippen LogP contribution in [0.4, 0.5) is 0 Å². The van der Waals surface area contributed by atoms with Gasteiger partial charge in [-0.25, -0.2) is 4.98 Å². The molecule has 1 aliphatic rings. The van der Waals surface area contributed by atoms with Crippen molar-refractivity contribution in [1.82, 2.24) is 19.8 Å². The van der Waals surface area contributed by atoms with Crippen molar-refractivity contribution in [1.29, 1.82) is 0 Å². The van der Waals surface area contributed by atoms with Gasteiger partial charge in [0.05, 0.1) is 12.3 Å². The minimum Gasteiger partial charge on any atom is -0.394 e. The molecule has 0 spiro atoms. The highest BCUT2D eigenvalue weighted by Crippen LogP contribution is 2.26. The van der Waals surface area contributed by atoms with Crippen molar-refractivity contribution in [3.05, 3.63) is 41.7 Å². The van der Waals surface area contributed by atoms with Crippen molar-refractivity contribution in [2.75, 3.05) is 20.2 Å². The van der Waals surface area contributed by atoms with Crippen molar-refractivity contribution < 1.29 is 9.90 Å². The molecule has 6 nitrogen and oxygen atoms in total. The molecular weight excluding hydrogens is 292 g/mol. The number of nitrogens with zero attached hydrogens (tertiary/aromatic N) is 3. The van der Waals surface area contributed by atoms with Gasteiger partial charge in [0.2, 0.25) is 0 Å². The second kappa shape index (κ2) is 6.52. The monoisotopic (exact) mass is 314 g/mol. The number of carbonyl (C=O) groups is 1. The minimum atomic E-state index is -0.290. The maximum absolute atomic E-state index is 12.5. The van der Waals surface area contributed by atoms with Crippen LogP contribution in [0, 0.1) is 0 Å². The SMILES string of the molecule is CC(CO)NC(=O)c1nc(-c2ccccc2)n2c1CN(C)CC2. The Bertz CT molecular complexity index is 696. The third kappa shape index (κ3) is 3.13. The molecule has 0 saturated heterocycles. The molecule has 1 unspecified atom stereocenters. The lowest BCUT2D eigenvalue weighted by molar-refractivity contribution is 0.0914. The lowest BCUT2D eigenvalue weighted by Gasteiger charge is -2.25. The second-order valence-corrected chi connectivity index (χ2v) is 6.04. The number of benzene rings is 1. The van der Waals surface area contributed by atoms with Gasteiger partial charge in [-0.3, -0.25) is 9.69 Å². The van der Waals surface area contributed by atoms with Crippen molar-refractivity contribution >= 4 is 5.91 Å². The fourth-order valence-electron chi connectivity index (χ4n) is 2.82. The Balaban J connectivity index is 2.03. The van der Waals surface area contributed by atoms with Crippen LogP contribution in [0.1, 0.15) is 23.1 Å². The molecule has 122 valence electrons. The van der Waals surface area contributed by atoms with E-state index in [-0.39, 0.29) is 18.6 Å². The maximum Gasteiger partial charge on any atom is 0.272 e. The fourth-order valence-corrected chi connectivity index (χ4v) is 2.82. The van der Waals surface area contributed by atoms with Gasteiger partial charge in [0, 0.05) is 31.2 Å². The number of aliphatic hydroxyl groups is 1. The van der Waals surface area contributed by atoms with E-state index in [4.69, 9.17) is 5.11 Å². The first-order chi connectivity index (χ1) is 11.1. The van der Waals surface area contributed by atoms with Crippen LogP contribution in [0.15, 0.2) is 30.3 Å². The van der Waals surface area contributed by atoms with Gasteiger partial charge in [0.25, 0.3) is 5.91 Å². The van der Waals surface area contributed by atoms with E-state index in [1.807, 2.05) is 37.4 Å². The highest BCUT2D eigenvalue weighted by Gasteiger charge is 2.27. The lowest BCUT2D eigenvalue weighted by atomic mass is 10.2. The van der Waals surface area contributed by atoms with Crippen LogP contribution in [0.5, 0.6) is 0 Å². The Morgan fingerprint density at radius 1 is 1.35 bits per heavy atom. The molecule has 2 aromatic rings. The number of aromatic nitrogens is 2. The first-order valence-corrected chi connectivity index (χ1v) is 7.85.